The Kier molecular flexibility index (Phi) is 5.43. The van der Waals surface area contributed by atoms with Crippen molar-refractivity contribution in [1.82, 2.24) is 0 Å². The lowest BCUT2D eigenvalue weighted by molar-refractivity contribution is -0.123. The summed E-state index contributed by atoms with van der Waals surface area (Å²) in [5.41, 5.74) is 1.63. The van der Waals surface area contributed by atoms with Gasteiger partial charge in [0.1, 0.15) is 6.07 Å². The lowest BCUT2D eigenvalue weighted by atomic mass is 10.2. The third kappa shape index (κ3) is 4.26. The Morgan fingerprint density at radius 3 is 2.84 bits per heavy atom. The standard InChI is InChI=1S/C20H16N4O5S2/c1-12(18(25)22-15-5-3-2-4-14(15)11-21)29-19(26)13-6-7-16-17(10-13)30-20-23-31(27,28)9-8-24(16)20/h2-7,10,12H,8-9H2,1H3,(H,22,25)/t12-/m0/s1. The Morgan fingerprint density at radius 1 is 1.29 bits per heavy atom. The minimum atomic E-state index is -3.47. The summed E-state index contributed by atoms with van der Waals surface area (Å²) < 4.78 is 32.5. The van der Waals surface area contributed by atoms with Crippen molar-refractivity contribution >= 4 is 50.2 Å². The molecule has 1 N–H and O–H groups in total. The molecule has 4 rings (SSSR count). The molecule has 0 spiro atoms. The van der Waals surface area contributed by atoms with Crippen LogP contribution in [0.5, 0.6) is 0 Å². The van der Waals surface area contributed by atoms with Crippen LogP contribution in [0.25, 0.3) is 0 Å². The Morgan fingerprint density at radius 2 is 2.06 bits per heavy atom. The number of hydrogen-bond acceptors (Lipinski definition) is 8. The quantitative estimate of drug-likeness (QED) is 0.694. The van der Waals surface area contributed by atoms with Crippen molar-refractivity contribution in [2.24, 2.45) is 4.40 Å². The fourth-order valence-corrected chi connectivity index (χ4v) is 5.36. The molecule has 0 saturated heterocycles. The molecular formula is C20H16N4O5S2. The van der Waals surface area contributed by atoms with Crippen molar-refractivity contribution in [1.29, 1.82) is 5.26 Å². The number of thioether (sulfide) groups is 1. The first-order valence-corrected chi connectivity index (χ1v) is 11.6. The number of ether oxygens (including phenoxy) is 1. The second-order valence-electron chi connectivity index (χ2n) is 6.79. The molecule has 1 atom stereocenters. The van der Waals surface area contributed by atoms with Crippen molar-refractivity contribution in [3.63, 3.8) is 0 Å². The summed E-state index contributed by atoms with van der Waals surface area (Å²) in [5, 5.41) is 12.0. The molecule has 0 aromatic heterocycles. The van der Waals surface area contributed by atoms with Crippen LogP contribution >= 0.6 is 11.8 Å². The first kappa shape index (κ1) is 20.9. The number of esters is 1. The maximum absolute atomic E-state index is 12.5. The maximum Gasteiger partial charge on any atom is 0.338 e. The highest BCUT2D eigenvalue weighted by Gasteiger charge is 2.33. The van der Waals surface area contributed by atoms with E-state index in [1.54, 1.807) is 47.4 Å². The molecule has 9 nitrogen and oxygen atoms in total. The summed E-state index contributed by atoms with van der Waals surface area (Å²) in [5.74, 6) is -1.33. The normalized spacial score (nSPS) is 16.9. The van der Waals surface area contributed by atoms with E-state index in [1.807, 2.05) is 6.07 Å². The zero-order valence-corrected chi connectivity index (χ0v) is 17.9. The van der Waals surface area contributed by atoms with Gasteiger partial charge in [-0.05, 0) is 49.0 Å². The van der Waals surface area contributed by atoms with Gasteiger partial charge in [0.05, 0.1) is 28.3 Å². The van der Waals surface area contributed by atoms with E-state index < -0.39 is 28.0 Å². The number of rotatable bonds is 4. The van der Waals surface area contributed by atoms with Crippen LogP contribution in [0.15, 0.2) is 51.8 Å². The number of benzene rings is 2. The third-order valence-corrected chi connectivity index (χ3v) is 6.97. The minimum absolute atomic E-state index is 0.0676. The van der Waals surface area contributed by atoms with E-state index in [1.165, 1.54) is 6.92 Å². The lowest BCUT2D eigenvalue weighted by Crippen LogP contribution is -2.35. The second kappa shape index (κ2) is 8.05. The molecule has 1 amide bonds. The molecule has 0 unspecified atom stereocenters. The van der Waals surface area contributed by atoms with E-state index in [0.29, 0.717) is 27.9 Å². The molecule has 31 heavy (non-hydrogen) atoms. The monoisotopic (exact) mass is 456 g/mol. The molecule has 0 bridgehead atoms. The van der Waals surface area contributed by atoms with E-state index in [0.717, 1.165) is 17.4 Å². The number of amides is 1. The topological polar surface area (TPSA) is 129 Å². The Bertz CT molecular complexity index is 1270. The number of nitrogens with one attached hydrogen (secondary N) is 1. The summed E-state index contributed by atoms with van der Waals surface area (Å²) in [4.78, 5) is 27.4. The first-order valence-electron chi connectivity index (χ1n) is 9.20. The van der Waals surface area contributed by atoms with Gasteiger partial charge in [-0.3, -0.25) is 4.79 Å². The van der Waals surface area contributed by atoms with Gasteiger partial charge in [-0.15, -0.1) is 4.40 Å². The largest absolute Gasteiger partial charge is 0.449 e. The predicted octanol–water partition coefficient (Wildman–Crippen LogP) is 2.35. The summed E-state index contributed by atoms with van der Waals surface area (Å²) in [7, 11) is -3.47. The number of carbonyl (C=O) groups is 2. The van der Waals surface area contributed by atoms with Crippen LogP contribution in [0.4, 0.5) is 11.4 Å². The average molecular weight is 457 g/mol. The molecule has 0 fully saturated rings. The van der Waals surface area contributed by atoms with E-state index >= 15 is 0 Å². The maximum atomic E-state index is 12.5. The molecule has 2 heterocycles. The molecule has 2 aromatic rings. The first-order chi connectivity index (χ1) is 14.8. The van der Waals surface area contributed by atoms with Crippen molar-refractivity contribution in [3.05, 3.63) is 53.6 Å². The van der Waals surface area contributed by atoms with Crippen LogP contribution in [0.1, 0.15) is 22.8 Å². The Hall–Kier alpha value is -3.36. The number of carbonyl (C=O) groups excluding carboxylic acids is 2. The van der Waals surface area contributed by atoms with Gasteiger partial charge in [0.25, 0.3) is 15.9 Å². The zero-order chi connectivity index (χ0) is 22.2. The van der Waals surface area contributed by atoms with Crippen LogP contribution in [0.2, 0.25) is 0 Å². The van der Waals surface area contributed by atoms with E-state index in [4.69, 9.17) is 10.00 Å². The molecule has 0 saturated carbocycles. The minimum Gasteiger partial charge on any atom is -0.449 e. The van der Waals surface area contributed by atoms with Crippen LogP contribution in [0, 0.1) is 11.3 Å². The van der Waals surface area contributed by atoms with Gasteiger partial charge in [-0.25, -0.2) is 13.2 Å². The zero-order valence-electron chi connectivity index (χ0n) is 16.2. The summed E-state index contributed by atoms with van der Waals surface area (Å²) in [6, 6.07) is 13.3. The number of fused-ring (bicyclic) bond motifs is 3. The smallest absolute Gasteiger partial charge is 0.338 e. The number of amidine groups is 1. The van der Waals surface area contributed by atoms with Gasteiger partial charge in [0.15, 0.2) is 11.3 Å². The number of para-hydroxylation sites is 1. The second-order valence-corrected chi connectivity index (χ2v) is 9.55. The van der Waals surface area contributed by atoms with E-state index in [9.17, 15) is 18.0 Å². The summed E-state index contributed by atoms with van der Waals surface area (Å²) in [6.07, 6.45) is -1.10. The Labute approximate surface area is 182 Å². The van der Waals surface area contributed by atoms with Crippen molar-refractivity contribution in [3.8, 4) is 6.07 Å². The van der Waals surface area contributed by atoms with Crippen molar-refractivity contribution in [2.75, 3.05) is 22.5 Å². The van der Waals surface area contributed by atoms with Gasteiger partial charge in [-0.2, -0.15) is 5.26 Å². The molecule has 158 valence electrons. The molecule has 2 aliphatic rings. The van der Waals surface area contributed by atoms with Crippen LogP contribution < -0.4 is 10.2 Å². The molecule has 0 radical (unpaired) electrons. The van der Waals surface area contributed by atoms with Gasteiger partial charge in [-0.1, -0.05) is 12.1 Å². The van der Waals surface area contributed by atoms with Crippen LogP contribution in [-0.4, -0.2) is 43.9 Å². The van der Waals surface area contributed by atoms with Crippen LogP contribution in [-0.2, 0) is 19.6 Å². The van der Waals surface area contributed by atoms with Gasteiger partial charge < -0.3 is 15.0 Å². The summed E-state index contributed by atoms with van der Waals surface area (Å²) in [6.45, 7) is 1.73. The van der Waals surface area contributed by atoms with Crippen molar-refractivity contribution in [2.45, 2.75) is 17.9 Å². The van der Waals surface area contributed by atoms with E-state index in [-0.39, 0.29) is 11.3 Å². The number of sulfonamides is 1. The highest BCUT2D eigenvalue weighted by Crippen LogP contribution is 2.42. The fourth-order valence-electron chi connectivity index (χ4n) is 3.06. The molecule has 11 heteroatoms. The SMILES string of the molecule is C[C@H](OC(=O)c1ccc2c(c1)SC1=NS(=O)(=O)CCN12)C(=O)Nc1ccccc1C#N. The predicted molar refractivity (Wildman–Crippen MR) is 116 cm³/mol. The fraction of sp³-hybridized carbons (Fsp3) is 0.200. The Balaban J connectivity index is 1.45. The highest BCUT2D eigenvalue weighted by molar-refractivity contribution is 8.15. The number of hydrogen-bond donors (Lipinski definition) is 1. The molecular weight excluding hydrogens is 440 g/mol. The lowest BCUT2D eigenvalue weighted by Gasteiger charge is -2.22. The molecule has 0 aliphatic carbocycles. The average Bonchev–Trinajstić information content (AvgIpc) is 3.09. The number of anilines is 2. The van der Waals surface area contributed by atoms with E-state index in [2.05, 4.69) is 9.71 Å². The number of nitrogens with zero attached hydrogens (tertiary/aromatic N) is 3. The highest BCUT2D eigenvalue weighted by atomic mass is 32.2. The van der Waals surface area contributed by atoms with Crippen LogP contribution in [0.3, 0.4) is 0 Å². The van der Waals surface area contributed by atoms with Crippen molar-refractivity contribution < 1.29 is 22.7 Å². The number of nitriles is 1. The molecule has 2 aliphatic heterocycles. The summed E-state index contributed by atoms with van der Waals surface area (Å²) >= 11 is 1.16. The van der Waals surface area contributed by atoms with Gasteiger partial charge >= 0.3 is 5.97 Å². The van der Waals surface area contributed by atoms with Gasteiger partial charge in [0, 0.05) is 11.4 Å². The third-order valence-electron chi connectivity index (χ3n) is 4.67. The van der Waals surface area contributed by atoms with Gasteiger partial charge in [0.2, 0.25) is 0 Å². The molecule has 2 aromatic carbocycles.